The van der Waals surface area contributed by atoms with Gasteiger partial charge < -0.3 is 19.1 Å². The number of nitrogens with zero attached hydrogens (tertiary/aromatic N) is 4. The van der Waals surface area contributed by atoms with E-state index in [1.54, 1.807) is 16.8 Å². The van der Waals surface area contributed by atoms with Crippen LogP contribution in [0.25, 0.3) is 49.9 Å². The van der Waals surface area contributed by atoms with Crippen LogP contribution >= 0.6 is 0 Å². The largest absolute Gasteiger partial charge is 0.509 e. The topological polar surface area (TPSA) is 33.5 Å². The van der Waals surface area contributed by atoms with Crippen LogP contribution in [0.4, 0.5) is 22.7 Å². The molecule has 10 rings (SSSR count). The Bertz CT molecular complexity index is 3520. The van der Waals surface area contributed by atoms with Gasteiger partial charge in [0.05, 0.1) is 16.3 Å². The maximum absolute atomic E-state index is 9.96. The van der Waals surface area contributed by atoms with Crippen LogP contribution in [-0.4, -0.2) is 17.6 Å². The molecule has 0 atom stereocenters. The Labute approximate surface area is 414 Å². The van der Waals surface area contributed by atoms with Crippen molar-refractivity contribution in [1.29, 1.82) is 0 Å². The second-order valence-corrected chi connectivity index (χ2v) is 24.9. The zero-order valence-corrected chi connectivity index (χ0v) is 42.0. The van der Waals surface area contributed by atoms with E-state index in [1.165, 1.54) is 0 Å². The first-order chi connectivity index (χ1) is 33.6. The van der Waals surface area contributed by atoms with Crippen LogP contribution in [0.5, 0.6) is 11.5 Å². The number of para-hydroxylation sites is 3. The summed E-state index contributed by atoms with van der Waals surface area (Å²) < 4.78 is 63.9. The summed E-state index contributed by atoms with van der Waals surface area (Å²) in [5.41, 5.74) is 8.27. The van der Waals surface area contributed by atoms with Crippen LogP contribution in [0.3, 0.4) is 0 Å². The third kappa shape index (κ3) is 8.42. The standard InChI is InChI=1S/C59H55N4OSi.Pt/c1-58(2,3)42-30-31-60-56(34-42)63-52-25-17-16-24-48(52)49-29-28-45(38-55(49)63)64-46-35-44(36-47(37-46)65(7,8)9)61-39-62(54-27-19-18-26-53(54)61)57-50(40-20-12-10-13-21-40)32-43(59(4,5)6)33-51(57)41-22-14-11-15-23-41;/h10-34,36-37,39H,1-9H3;/q-3;/i16D,17D,24D,25D,32D,33D;. The average molecular weight is 1070 g/mol. The predicted octanol–water partition coefficient (Wildman–Crippen LogP) is 15.5. The summed E-state index contributed by atoms with van der Waals surface area (Å²) in [4.78, 5) is 9.00. The Morgan fingerprint density at radius 2 is 1.24 bits per heavy atom. The van der Waals surface area contributed by atoms with E-state index >= 15 is 0 Å². The van der Waals surface area contributed by atoms with Crippen molar-refractivity contribution < 1.29 is 34.0 Å². The number of aromatic nitrogens is 2. The number of pyridine rings is 1. The molecule has 9 aromatic rings. The smallest absolute Gasteiger partial charge is 0.135 e. The van der Waals surface area contributed by atoms with E-state index < -0.39 is 13.5 Å². The minimum absolute atomic E-state index is 0. The SMILES string of the molecule is [2H]c1c(-c2ccccc2)c(N2[CH-]N(c3[c-]c(Oc4[c-]c5c(cc4)c4c([2H])c([2H])c([2H])c([2H])c4n5-c4cc(C(C)(C)C)ccn4)cc([Si](C)(C)C)c3)c3ccccc32)c(-c2ccccc2)c([2H])c1C(C)(C)C.[Pt]. The molecule has 2 aromatic heterocycles. The van der Waals surface area contributed by atoms with Gasteiger partial charge in [0.25, 0.3) is 0 Å². The molecule has 0 radical (unpaired) electrons. The molecule has 66 heavy (non-hydrogen) atoms. The van der Waals surface area contributed by atoms with Crippen molar-refractivity contribution in [3.05, 3.63) is 194 Å². The van der Waals surface area contributed by atoms with Gasteiger partial charge in [-0.05, 0) is 80.9 Å². The number of anilines is 4. The van der Waals surface area contributed by atoms with Crippen LogP contribution in [0.1, 0.15) is 60.9 Å². The maximum Gasteiger partial charge on any atom is 0.135 e. The van der Waals surface area contributed by atoms with Crippen LogP contribution in [0.15, 0.2) is 164 Å². The fourth-order valence-electron chi connectivity index (χ4n) is 8.43. The molecule has 0 fully saturated rings. The molecule has 0 unspecified atom stereocenters. The minimum Gasteiger partial charge on any atom is -0.509 e. The minimum atomic E-state index is -2.05. The summed E-state index contributed by atoms with van der Waals surface area (Å²) in [6, 6.07) is 46.9. The molecule has 0 saturated carbocycles. The Hall–Kier alpha value is -6.20. The van der Waals surface area contributed by atoms with E-state index in [0.717, 1.165) is 55.8 Å². The van der Waals surface area contributed by atoms with Crippen LogP contribution in [0.2, 0.25) is 19.6 Å². The number of benzene rings is 7. The summed E-state index contributed by atoms with van der Waals surface area (Å²) in [5.74, 6) is 1.34. The normalized spacial score (nSPS) is 14.3. The first kappa shape index (κ1) is 38.0. The van der Waals surface area contributed by atoms with Gasteiger partial charge in [-0.1, -0.05) is 158 Å². The molecule has 0 saturated heterocycles. The van der Waals surface area contributed by atoms with Crippen LogP contribution < -0.4 is 19.7 Å². The quantitative estimate of drug-likeness (QED) is 0.112. The van der Waals surface area contributed by atoms with Gasteiger partial charge in [0, 0.05) is 72.5 Å². The first-order valence-corrected chi connectivity index (χ1v) is 25.6. The van der Waals surface area contributed by atoms with E-state index in [9.17, 15) is 2.74 Å². The van der Waals surface area contributed by atoms with Crippen molar-refractivity contribution in [2.24, 2.45) is 0 Å². The van der Waals surface area contributed by atoms with Crippen molar-refractivity contribution in [3.8, 4) is 39.6 Å². The third-order valence-electron chi connectivity index (χ3n) is 12.0. The van der Waals surface area contributed by atoms with E-state index in [1.807, 2.05) is 104 Å². The molecular formula is C59H55N4OPtSi-3. The van der Waals surface area contributed by atoms with E-state index in [-0.39, 0.29) is 50.6 Å². The summed E-state index contributed by atoms with van der Waals surface area (Å²) in [5, 5.41) is 2.10. The Morgan fingerprint density at radius 1 is 0.636 bits per heavy atom. The van der Waals surface area contributed by atoms with E-state index in [2.05, 4.69) is 101 Å². The summed E-state index contributed by atoms with van der Waals surface area (Å²) in [6.07, 6.45) is 1.73. The maximum atomic E-state index is 9.96. The average Bonchev–Trinajstić information content (AvgIpc) is 3.88. The fraction of sp³-hybridized carbons (Fsp3) is 0.186. The van der Waals surface area contributed by atoms with Gasteiger partial charge >= 0.3 is 0 Å². The molecule has 0 bridgehead atoms. The number of ether oxygens (including phenoxy) is 1. The van der Waals surface area contributed by atoms with Gasteiger partial charge in [0.15, 0.2) is 0 Å². The predicted molar refractivity (Wildman–Crippen MR) is 275 cm³/mol. The van der Waals surface area contributed by atoms with Crippen molar-refractivity contribution in [2.75, 3.05) is 9.80 Å². The molecule has 0 N–H and O–H groups in total. The number of hydrogen-bond donors (Lipinski definition) is 0. The van der Waals surface area contributed by atoms with Gasteiger partial charge in [-0.3, -0.25) is 0 Å². The Kier molecular flexibility index (Phi) is 9.90. The van der Waals surface area contributed by atoms with E-state index in [4.69, 9.17) is 15.2 Å². The van der Waals surface area contributed by atoms with Crippen molar-refractivity contribution in [2.45, 2.75) is 72.0 Å². The van der Waals surface area contributed by atoms with Crippen LogP contribution in [0, 0.1) is 18.8 Å². The zero-order valence-electron chi connectivity index (χ0n) is 44.7. The monoisotopic (exact) mass is 1060 g/mol. The second kappa shape index (κ2) is 17.2. The Morgan fingerprint density at radius 3 is 1.86 bits per heavy atom. The number of rotatable bonds is 8. The van der Waals surface area contributed by atoms with Gasteiger partial charge in [-0.15, -0.1) is 42.0 Å². The van der Waals surface area contributed by atoms with Crippen molar-refractivity contribution >= 4 is 57.8 Å². The van der Waals surface area contributed by atoms with Gasteiger partial charge in [-0.25, -0.2) is 4.98 Å². The van der Waals surface area contributed by atoms with Gasteiger partial charge in [0.1, 0.15) is 5.82 Å². The molecule has 1 aliphatic rings. The molecule has 334 valence electrons. The van der Waals surface area contributed by atoms with Crippen molar-refractivity contribution in [1.82, 2.24) is 9.55 Å². The molecule has 3 heterocycles. The molecule has 7 aromatic carbocycles. The Balaban J connectivity index is 0.00000640. The van der Waals surface area contributed by atoms with E-state index in [0.29, 0.717) is 56.8 Å². The number of fused-ring (bicyclic) bond motifs is 4. The number of hydrogen-bond acceptors (Lipinski definition) is 4. The van der Waals surface area contributed by atoms with Gasteiger partial charge in [0.2, 0.25) is 0 Å². The van der Waals surface area contributed by atoms with Crippen molar-refractivity contribution in [3.63, 3.8) is 0 Å². The second-order valence-electron chi connectivity index (χ2n) is 19.8. The summed E-state index contributed by atoms with van der Waals surface area (Å²) in [7, 11) is -2.05. The molecule has 0 spiro atoms. The molecule has 5 nitrogen and oxygen atoms in total. The summed E-state index contributed by atoms with van der Waals surface area (Å²) in [6.45, 7) is 21.5. The molecule has 1 aliphatic heterocycles. The molecular weight excluding hydrogens is 1000 g/mol. The fourth-order valence-corrected chi connectivity index (χ4v) is 9.57. The van der Waals surface area contributed by atoms with Crippen LogP contribution in [-0.2, 0) is 31.9 Å². The van der Waals surface area contributed by atoms with Gasteiger partial charge in [-0.2, -0.15) is 17.3 Å². The molecule has 0 amide bonds. The first-order valence-electron chi connectivity index (χ1n) is 25.1. The molecule has 0 aliphatic carbocycles. The molecule has 7 heteroatoms. The third-order valence-corrected chi connectivity index (χ3v) is 14.0. The zero-order chi connectivity index (χ0) is 50.5. The summed E-state index contributed by atoms with van der Waals surface area (Å²) >= 11 is 0.